The smallest absolute Gasteiger partial charge is 0.354 e. The molecule has 2 aliphatic heterocycles. The van der Waals surface area contributed by atoms with Gasteiger partial charge in [0, 0.05) is 18.6 Å². The quantitative estimate of drug-likeness (QED) is 0.575. The molecule has 2 saturated heterocycles. The van der Waals surface area contributed by atoms with Crippen LogP contribution in [0, 0.1) is 5.92 Å². The van der Waals surface area contributed by atoms with E-state index in [2.05, 4.69) is 4.98 Å². The number of rotatable bonds is 7. The lowest BCUT2D eigenvalue weighted by Crippen LogP contribution is -2.56. The van der Waals surface area contributed by atoms with E-state index in [1.807, 2.05) is 0 Å². The lowest BCUT2D eigenvalue weighted by atomic mass is 9.90. The maximum atomic E-state index is 12.9. The van der Waals surface area contributed by atoms with Crippen molar-refractivity contribution in [3.63, 3.8) is 0 Å². The summed E-state index contributed by atoms with van der Waals surface area (Å²) in [5, 5.41) is 8.93. The van der Waals surface area contributed by atoms with Crippen LogP contribution in [0.15, 0.2) is 12.1 Å². The molecule has 3 aliphatic rings. The molecule has 1 unspecified atom stereocenters. The van der Waals surface area contributed by atoms with Crippen LogP contribution in [0.25, 0.3) is 0 Å². The standard InChI is InChI=1S/C13H14F2N2O3.C7H14N2O2/c14-13(15)6-17(7-13)10-4-3-9(12(18)19)16-11(10)20-5-8-1-2-8;8-6(10)4-7(9)2-1-3-11-5-7/h3-4,8H,1-2,5-7H2,(H,18,19);1-5,9H2,(H2,8,10). The van der Waals surface area contributed by atoms with Crippen LogP contribution in [0.3, 0.4) is 0 Å². The van der Waals surface area contributed by atoms with Gasteiger partial charge in [-0.05, 0) is 43.7 Å². The van der Waals surface area contributed by atoms with Crippen LogP contribution in [0.5, 0.6) is 5.88 Å². The number of amides is 1. The molecule has 0 radical (unpaired) electrons. The minimum absolute atomic E-state index is 0.132. The summed E-state index contributed by atoms with van der Waals surface area (Å²) < 4.78 is 36.5. The van der Waals surface area contributed by atoms with E-state index in [1.165, 1.54) is 17.0 Å². The first-order valence-electron chi connectivity index (χ1n) is 10.2. The number of carboxylic acids is 1. The molecular weight excluding hydrogens is 414 g/mol. The molecule has 9 nitrogen and oxygen atoms in total. The Balaban J connectivity index is 0.000000210. The van der Waals surface area contributed by atoms with E-state index in [9.17, 15) is 18.4 Å². The SMILES string of the molecule is NC(=O)CC1(N)CCCOC1.O=C(O)c1ccc(N2CC(F)(F)C2)c(OCC2CC2)n1. The number of anilines is 1. The second-order valence-electron chi connectivity index (χ2n) is 8.45. The molecule has 0 aromatic carbocycles. The third-order valence-corrected chi connectivity index (χ3v) is 5.28. The van der Waals surface area contributed by atoms with Gasteiger partial charge in [0.05, 0.1) is 26.3 Å². The number of hydrogen-bond donors (Lipinski definition) is 3. The van der Waals surface area contributed by atoms with Gasteiger partial charge >= 0.3 is 5.97 Å². The molecule has 1 aliphatic carbocycles. The summed E-state index contributed by atoms with van der Waals surface area (Å²) in [5.41, 5.74) is 10.7. The molecule has 3 heterocycles. The zero-order valence-electron chi connectivity index (χ0n) is 17.2. The number of nitrogens with zero attached hydrogens (tertiary/aromatic N) is 2. The van der Waals surface area contributed by atoms with Gasteiger partial charge in [0.2, 0.25) is 11.8 Å². The summed E-state index contributed by atoms with van der Waals surface area (Å²) in [6.07, 6.45) is 4.14. The largest absolute Gasteiger partial charge is 0.477 e. The van der Waals surface area contributed by atoms with E-state index in [0.717, 1.165) is 32.3 Å². The van der Waals surface area contributed by atoms with Gasteiger partial charge < -0.3 is 30.9 Å². The number of aromatic carboxylic acids is 1. The molecule has 0 bridgehead atoms. The van der Waals surface area contributed by atoms with Crippen molar-refractivity contribution >= 4 is 17.6 Å². The van der Waals surface area contributed by atoms with Crippen molar-refractivity contribution < 1.29 is 33.0 Å². The number of carbonyl (C=O) groups is 2. The van der Waals surface area contributed by atoms with E-state index < -0.39 is 17.4 Å². The number of halogens is 2. The molecule has 1 saturated carbocycles. The molecule has 31 heavy (non-hydrogen) atoms. The van der Waals surface area contributed by atoms with E-state index in [0.29, 0.717) is 24.8 Å². The lowest BCUT2D eigenvalue weighted by molar-refractivity contribution is -0.120. The van der Waals surface area contributed by atoms with Gasteiger partial charge in [-0.15, -0.1) is 0 Å². The van der Waals surface area contributed by atoms with Crippen LogP contribution in [0.4, 0.5) is 14.5 Å². The Morgan fingerprint density at radius 2 is 2.03 bits per heavy atom. The van der Waals surface area contributed by atoms with E-state index in [1.54, 1.807) is 0 Å². The normalized spacial score (nSPS) is 24.4. The minimum Gasteiger partial charge on any atom is -0.477 e. The highest BCUT2D eigenvalue weighted by molar-refractivity contribution is 5.86. The van der Waals surface area contributed by atoms with Crippen LogP contribution in [0.2, 0.25) is 0 Å². The molecule has 5 N–H and O–H groups in total. The fourth-order valence-corrected chi connectivity index (χ4v) is 3.42. The van der Waals surface area contributed by atoms with Crippen molar-refractivity contribution in [3.05, 3.63) is 17.8 Å². The van der Waals surface area contributed by atoms with Crippen LogP contribution in [0.1, 0.15) is 42.6 Å². The Morgan fingerprint density at radius 3 is 2.55 bits per heavy atom. The molecule has 3 fully saturated rings. The van der Waals surface area contributed by atoms with Gasteiger partial charge in [0.15, 0.2) is 5.69 Å². The van der Waals surface area contributed by atoms with E-state index in [4.69, 9.17) is 26.0 Å². The highest BCUT2D eigenvalue weighted by atomic mass is 19.3. The number of aromatic nitrogens is 1. The lowest BCUT2D eigenvalue weighted by Gasteiger charge is -2.40. The van der Waals surface area contributed by atoms with Crippen molar-refractivity contribution in [2.75, 3.05) is 37.8 Å². The third-order valence-electron chi connectivity index (χ3n) is 5.28. The monoisotopic (exact) mass is 442 g/mol. The van der Waals surface area contributed by atoms with Gasteiger partial charge in [-0.1, -0.05) is 0 Å². The molecule has 0 spiro atoms. The predicted molar refractivity (Wildman–Crippen MR) is 107 cm³/mol. The molecule has 1 aromatic rings. The first-order chi connectivity index (χ1) is 14.6. The second kappa shape index (κ2) is 9.31. The predicted octanol–water partition coefficient (Wildman–Crippen LogP) is 1.39. The van der Waals surface area contributed by atoms with Crippen molar-refractivity contribution in [2.24, 2.45) is 17.4 Å². The zero-order chi connectivity index (χ0) is 22.6. The second-order valence-corrected chi connectivity index (χ2v) is 8.45. The number of ether oxygens (including phenoxy) is 2. The Labute approximate surface area is 178 Å². The van der Waals surface area contributed by atoms with E-state index in [-0.39, 0.29) is 37.0 Å². The number of nitrogens with two attached hydrogens (primary N) is 2. The summed E-state index contributed by atoms with van der Waals surface area (Å²) in [4.78, 5) is 26.8. The van der Waals surface area contributed by atoms with Gasteiger partial charge in [0.25, 0.3) is 5.92 Å². The maximum absolute atomic E-state index is 12.9. The number of pyridine rings is 1. The Bertz CT molecular complexity index is 805. The maximum Gasteiger partial charge on any atom is 0.354 e. The molecule has 172 valence electrons. The minimum atomic E-state index is -2.70. The number of carboxylic acid groups (broad SMARTS) is 1. The summed E-state index contributed by atoms with van der Waals surface area (Å²) >= 11 is 0. The van der Waals surface area contributed by atoms with Gasteiger partial charge in [-0.2, -0.15) is 0 Å². The van der Waals surface area contributed by atoms with Crippen LogP contribution < -0.4 is 21.1 Å². The van der Waals surface area contributed by atoms with Crippen molar-refractivity contribution in [1.82, 2.24) is 4.98 Å². The van der Waals surface area contributed by atoms with Crippen molar-refractivity contribution in [2.45, 2.75) is 43.6 Å². The van der Waals surface area contributed by atoms with Gasteiger partial charge in [-0.3, -0.25) is 4.79 Å². The number of primary amides is 1. The summed E-state index contributed by atoms with van der Waals surface area (Å²) in [6.45, 7) is 0.878. The zero-order valence-corrected chi connectivity index (χ0v) is 17.2. The van der Waals surface area contributed by atoms with Crippen LogP contribution >= 0.6 is 0 Å². The summed E-state index contributed by atoms with van der Waals surface area (Å²) in [7, 11) is 0. The Kier molecular flexibility index (Phi) is 6.95. The summed E-state index contributed by atoms with van der Waals surface area (Å²) in [6, 6.07) is 2.78. The Hall–Kier alpha value is -2.53. The fraction of sp³-hybridized carbons (Fsp3) is 0.650. The average Bonchev–Trinajstić information content (AvgIpc) is 3.49. The third kappa shape index (κ3) is 6.73. The van der Waals surface area contributed by atoms with Crippen molar-refractivity contribution in [3.8, 4) is 5.88 Å². The highest BCUT2D eigenvalue weighted by Gasteiger charge is 2.45. The average molecular weight is 442 g/mol. The molecule has 1 amide bonds. The number of alkyl halides is 2. The molecule has 1 atom stereocenters. The van der Waals surface area contributed by atoms with Gasteiger partial charge in [0.1, 0.15) is 5.69 Å². The van der Waals surface area contributed by atoms with Crippen molar-refractivity contribution in [1.29, 1.82) is 0 Å². The molecule has 4 rings (SSSR count). The fourth-order valence-electron chi connectivity index (χ4n) is 3.42. The molecule has 11 heteroatoms. The Morgan fingerprint density at radius 1 is 1.32 bits per heavy atom. The molecular formula is C20H28F2N4O5. The van der Waals surface area contributed by atoms with E-state index >= 15 is 0 Å². The summed E-state index contributed by atoms with van der Waals surface area (Å²) in [5.74, 6) is -3.61. The number of carbonyl (C=O) groups excluding carboxylic acids is 1. The topological polar surface area (TPSA) is 141 Å². The van der Waals surface area contributed by atoms with Crippen LogP contribution in [-0.2, 0) is 9.53 Å². The highest BCUT2D eigenvalue weighted by Crippen LogP contribution is 2.37. The number of hydrogen-bond acceptors (Lipinski definition) is 7. The first-order valence-corrected chi connectivity index (χ1v) is 10.2. The first kappa shape index (κ1) is 23.1. The molecule has 1 aromatic heterocycles. The van der Waals surface area contributed by atoms with Crippen LogP contribution in [-0.4, -0.2) is 66.3 Å². The van der Waals surface area contributed by atoms with Gasteiger partial charge in [-0.25, -0.2) is 18.6 Å².